The Kier molecular flexibility index (Phi) is 4.74. The normalized spacial score (nSPS) is 12.7. The van der Waals surface area contributed by atoms with E-state index >= 15 is 0 Å². The standard InChI is InChI=1S/C15H21N3O2/c1-4-8-19-12-7-5-6-11(9-12)15-17-14(18-20-15)13(16)10(2)3/h5-7,9-10,13H,4,8,16H2,1-3H3. The molecule has 2 rings (SSSR count). The Labute approximate surface area is 119 Å². The third-order valence-electron chi connectivity index (χ3n) is 3.01. The summed E-state index contributed by atoms with van der Waals surface area (Å²) in [7, 11) is 0. The van der Waals surface area contributed by atoms with E-state index in [-0.39, 0.29) is 12.0 Å². The van der Waals surface area contributed by atoms with Crippen molar-refractivity contribution in [3.05, 3.63) is 30.1 Å². The minimum absolute atomic E-state index is 0.216. The van der Waals surface area contributed by atoms with Crippen LogP contribution in [-0.4, -0.2) is 16.7 Å². The van der Waals surface area contributed by atoms with Gasteiger partial charge in [0.05, 0.1) is 12.6 Å². The number of benzene rings is 1. The lowest BCUT2D eigenvalue weighted by Crippen LogP contribution is -2.18. The molecule has 20 heavy (non-hydrogen) atoms. The van der Waals surface area contributed by atoms with Crippen LogP contribution < -0.4 is 10.5 Å². The zero-order chi connectivity index (χ0) is 14.5. The van der Waals surface area contributed by atoms with Crippen molar-refractivity contribution in [1.82, 2.24) is 10.1 Å². The van der Waals surface area contributed by atoms with Crippen LogP contribution in [0.1, 0.15) is 39.1 Å². The van der Waals surface area contributed by atoms with Crippen molar-refractivity contribution in [3.63, 3.8) is 0 Å². The highest BCUT2D eigenvalue weighted by Crippen LogP contribution is 2.24. The smallest absolute Gasteiger partial charge is 0.258 e. The fraction of sp³-hybridized carbons (Fsp3) is 0.467. The summed E-state index contributed by atoms with van der Waals surface area (Å²) in [6, 6.07) is 7.42. The van der Waals surface area contributed by atoms with Crippen molar-refractivity contribution >= 4 is 0 Å². The van der Waals surface area contributed by atoms with E-state index in [0.29, 0.717) is 18.3 Å². The van der Waals surface area contributed by atoms with Crippen molar-refractivity contribution < 1.29 is 9.26 Å². The summed E-state index contributed by atoms with van der Waals surface area (Å²) in [6.45, 7) is 6.82. The molecule has 0 amide bonds. The molecule has 1 atom stereocenters. The van der Waals surface area contributed by atoms with Crippen molar-refractivity contribution in [3.8, 4) is 17.2 Å². The zero-order valence-corrected chi connectivity index (χ0v) is 12.2. The lowest BCUT2D eigenvalue weighted by molar-refractivity contribution is 0.317. The number of aromatic nitrogens is 2. The van der Waals surface area contributed by atoms with Crippen LogP contribution in [0.25, 0.3) is 11.5 Å². The SMILES string of the molecule is CCCOc1cccc(-c2nc(C(N)C(C)C)no2)c1. The van der Waals surface area contributed by atoms with Crippen LogP contribution in [0, 0.1) is 5.92 Å². The highest BCUT2D eigenvalue weighted by Gasteiger charge is 2.18. The molecule has 0 bridgehead atoms. The van der Waals surface area contributed by atoms with Crippen LogP contribution in [0.15, 0.2) is 28.8 Å². The fourth-order valence-electron chi connectivity index (χ4n) is 1.72. The van der Waals surface area contributed by atoms with Gasteiger partial charge in [-0.05, 0) is 30.5 Å². The van der Waals surface area contributed by atoms with Gasteiger partial charge in [-0.2, -0.15) is 4.98 Å². The van der Waals surface area contributed by atoms with Gasteiger partial charge in [-0.25, -0.2) is 0 Å². The lowest BCUT2D eigenvalue weighted by atomic mass is 10.1. The summed E-state index contributed by atoms with van der Waals surface area (Å²) in [5.41, 5.74) is 6.86. The predicted octanol–water partition coefficient (Wildman–Crippen LogP) is 3.18. The Bertz CT molecular complexity index is 552. The summed E-state index contributed by atoms with van der Waals surface area (Å²) in [4.78, 5) is 4.36. The summed E-state index contributed by atoms with van der Waals surface area (Å²) in [5, 5.41) is 3.95. The number of nitrogens with zero attached hydrogens (tertiary/aromatic N) is 2. The lowest BCUT2D eigenvalue weighted by Gasteiger charge is -2.09. The van der Waals surface area contributed by atoms with Gasteiger partial charge in [-0.1, -0.05) is 32.0 Å². The van der Waals surface area contributed by atoms with E-state index < -0.39 is 0 Å². The van der Waals surface area contributed by atoms with Crippen LogP contribution in [0.5, 0.6) is 5.75 Å². The van der Waals surface area contributed by atoms with E-state index in [1.54, 1.807) is 0 Å². The largest absolute Gasteiger partial charge is 0.494 e. The van der Waals surface area contributed by atoms with E-state index in [1.165, 1.54) is 0 Å². The molecule has 0 fully saturated rings. The number of nitrogens with two attached hydrogens (primary N) is 1. The first-order valence-electron chi connectivity index (χ1n) is 6.94. The van der Waals surface area contributed by atoms with Gasteiger partial charge in [0, 0.05) is 5.56 Å². The molecule has 2 aromatic rings. The Morgan fingerprint density at radius 2 is 2.15 bits per heavy atom. The summed E-state index contributed by atoms with van der Waals surface area (Å²) >= 11 is 0. The Morgan fingerprint density at radius 1 is 1.35 bits per heavy atom. The van der Waals surface area contributed by atoms with Gasteiger partial charge in [-0.3, -0.25) is 0 Å². The minimum atomic E-state index is -0.216. The van der Waals surface area contributed by atoms with Gasteiger partial charge >= 0.3 is 0 Å². The van der Waals surface area contributed by atoms with Gasteiger partial charge < -0.3 is 15.0 Å². The Balaban J connectivity index is 2.19. The first-order valence-corrected chi connectivity index (χ1v) is 6.94. The van der Waals surface area contributed by atoms with Crippen molar-refractivity contribution in [2.45, 2.75) is 33.2 Å². The third kappa shape index (κ3) is 3.36. The van der Waals surface area contributed by atoms with Gasteiger partial charge in [0.2, 0.25) is 0 Å². The molecule has 0 aliphatic carbocycles. The highest BCUT2D eigenvalue weighted by molar-refractivity contribution is 5.55. The second kappa shape index (κ2) is 6.52. The van der Waals surface area contributed by atoms with Crippen LogP contribution in [0.2, 0.25) is 0 Å². The molecule has 0 aliphatic rings. The second-order valence-corrected chi connectivity index (χ2v) is 5.10. The average Bonchev–Trinajstić information content (AvgIpc) is 2.94. The molecule has 5 heteroatoms. The summed E-state index contributed by atoms with van der Waals surface area (Å²) in [6.07, 6.45) is 0.970. The fourth-order valence-corrected chi connectivity index (χ4v) is 1.72. The first kappa shape index (κ1) is 14.5. The molecule has 1 heterocycles. The Hall–Kier alpha value is -1.88. The third-order valence-corrected chi connectivity index (χ3v) is 3.01. The van der Waals surface area contributed by atoms with Crippen molar-refractivity contribution in [2.24, 2.45) is 11.7 Å². The molecule has 0 radical (unpaired) electrons. The maximum Gasteiger partial charge on any atom is 0.258 e. The number of rotatable bonds is 6. The van der Waals surface area contributed by atoms with Gasteiger partial charge in [0.15, 0.2) is 5.82 Å². The molecule has 1 aromatic heterocycles. The molecular weight excluding hydrogens is 254 g/mol. The first-order chi connectivity index (χ1) is 9.61. The molecule has 0 saturated heterocycles. The van der Waals surface area contributed by atoms with E-state index in [1.807, 2.05) is 38.1 Å². The molecule has 0 aliphatic heterocycles. The molecule has 108 valence electrons. The average molecular weight is 275 g/mol. The molecule has 2 N–H and O–H groups in total. The van der Waals surface area contributed by atoms with Crippen LogP contribution >= 0.6 is 0 Å². The summed E-state index contributed by atoms with van der Waals surface area (Å²) < 4.78 is 10.9. The maximum atomic E-state index is 6.02. The van der Waals surface area contributed by atoms with Crippen LogP contribution in [-0.2, 0) is 0 Å². The molecule has 5 nitrogen and oxygen atoms in total. The van der Waals surface area contributed by atoms with Crippen LogP contribution in [0.3, 0.4) is 0 Å². The van der Waals surface area contributed by atoms with Crippen molar-refractivity contribution in [1.29, 1.82) is 0 Å². The summed E-state index contributed by atoms with van der Waals surface area (Å²) in [5.74, 6) is 2.07. The Morgan fingerprint density at radius 3 is 2.85 bits per heavy atom. The van der Waals surface area contributed by atoms with Gasteiger partial charge in [0.25, 0.3) is 5.89 Å². The molecule has 0 spiro atoms. The van der Waals surface area contributed by atoms with Gasteiger partial charge in [-0.15, -0.1) is 0 Å². The van der Waals surface area contributed by atoms with E-state index in [4.69, 9.17) is 15.0 Å². The maximum absolute atomic E-state index is 6.02. The van der Waals surface area contributed by atoms with Crippen LogP contribution in [0.4, 0.5) is 0 Å². The predicted molar refractivity (Wildman–Crippen MR) is 77.3 cm³/mol. The molecule has 0 saturated carbocycles. The number of ether oxygens (including phenoxy) is 1. The molecule has 1 aromatic carbocycles. The topological polar surface area (TPSA) is 74.2 Å². The van der Waals surface area contributed by atoms with E-state index in [2.05, 4.69) is 17.1 Å². The number of hydrogen-bond acceptors (Lipinski definition) is 5. The van der Waals surface area contributed by atoms with E-state index in [0.717, 1.165) is 17.7 Å². The monoisotopic (exact) mass is 275 g/mol. The minimum Gasteiger partial charge on any atom is -0.494 e. The highest BCUT2D eigenvalue weighted by atomic mass is 16.5. The second-order valence-electron chi connectivity index (χ2n) is 5.10. The quantitative estimate of drug-likeness (QED) is 0.876. The molecule has 1 unspecified atom stereocenters. The molecular formula is C15H21N3O2. The zero-order valence-electron chi connectivity index (χ0n) is 12.2. The number of hydrogen-bond donors (Lipinski definition) is 1. The van der Waals surface area contributed by atoms with E-state index in [9.17, 15) is 0 Å². The van der Waals surface area contributed by atoms with Crippen molar-refractivity contribution in [2.75, 3.05) is 6.61 Å². The van der Waals surface area contributed by atoms with Gasteiger partial charge in [0.1, 0.15) is 5.75 Å².